The van der Waals surface area contributed by atoms with Crippen LogP contribution in [0.3, 0.4) is 0 Å². The quantitative estimate of drug-likeness (QED) is 0.586. The molecule has 0 bridgehead atoms. The Labute approximate surface area is 115 Å². The molecular weight excluding hydrogens is 239 g/mol. The van der Waals surface area contributed by atoms with E-state index in [1.54, 1.807) is 12.1 Å². The summed E-state index contributed by atoms with van der Waals surface area (Å²) in [7, 11) is -4.19. The number of hydrogen-bond donors (Lipinski definition) is 2. The third-order valence-corrected chi connectivity index (χ3v) is 2.94. The van der Waals surface area contributed by atoms with E-state index in [1.807, 2.05) is 0 Å². The first-order valence-electron chi connectivity index (χ1n) is 4.17. The Kier molecular flexibility index (Phi) is 3.98. The van der Waals surface area contributed by atoms with E-state index in [2.05, 4.69) is 0 Å². The number of fused-ring (bicyclic) bond motifs is 1. The summed E-state index contributed by atoms with van der Waals surface area (Å²) in [6.07, 6.45) is 0. The average Bonchev–Trinajstić information content (AvgIpc) is 2.15. The van der Waals surface area contributed by atoms with Crippen LogP contribution in [-0.2, 0) is 10.1 Å². The van der Waals surface area contributed by atoms with E-state index in [1.165, 1.54) is 24.3 Å². The summed E-state index contributed by atoms with van der Waals surface area (Å²) in [5.74, 6) is 0.0509. The van der Waals surface area contributed by atoms with Crippen LogP contribution in [0.4, 0.5) is 0 Å². The van der Waals surface area contributed by atoms with Crippen LogP contribution in [0.25, 0.3) is 10.8 Å². The summed E-state index contributed by atoms with van der Waals surface area (Å²) in [5, 5.41) is 10.6. The van der Waals surface area contributed by atoms with Gasteiger partial charge >= 0.3 is 29.6 Å². The van der Waals surface area contributed by atoms with E-state index in [-0.39, 0.29) is 40.2 Å². The van der Waals surface area contributed by atoms with Crippen molar-refractivity contribution in [3.63, 3.8) is 0 Å². The molecule has 0 aliphatic heterocycles. The maximum absolute atomic E-state index is 10.9. The van der Waals surface area contributed by atoms with Crippen molar-refractivity contribution in [2.24, 2.45) is 0 Å². The zero-order valence-corrected chi connectivity index (χ0v) is 8.40. The van der Waals surface area contributed by atoms with Crippen LogP contribution in [0.2, 0.25) is 0 Å². The second-order valence-corrected chi connectivity index (χ2v) is 4.59. The van der Waals surface area contributed by atoms with Gasteiger partial charge in [-0.1, -0.05) is 12.1 Å². The molecule has 16 heavy (non-hydrogen) atoms. The molecule has 0 fully saturated rings. The molecule has 0 aliphatic carbocycles. The van der Waals surface area contributed by atoms with Crippen molar-refractivity contribution in [1.29, 1.82) is 0 Å². The summed E-state index contributed by atoms with van der Waals surface area (Å²) in [4.78, 5) is -0.180. The van der Waals surface area contributed by atoms with Crippen molar-refractivity contribution in [1.82, 2.24) is 0 Å². The molecule has 0 atom stereocenters. The second kappa shape index (κ2) is 4.73. The molecule has 2 N–H and O–H groups in total. The molecule has 0 unspecified atom stereocenters. The third kappa shape index (κ3) is 2.75. The Morgan fingerprint density at radius 2 is 1.56 bits per heavy atom. The molecule has 0 spiro atoms. The first kappa shape index (κ1) is 13.5. The molecule has 0 saturated carbocycles. The van der Waals surface area contributed by atoms with Crippen molar-refractivity contribution >= 4 is 50.4 Å². The topological polar surface area (TPSA) is 74.6 Å². The standard InChI is InChI=1S/C10H8O4S.Na.H/c11-9-3-1-7-2-4-10(15(12,13)14)6-8(7)5-9;;/h1-6,11H,(H,12,13,14);;. The molecule has 0 amide bonds. The molecule has 4 nitrogen and oxygen atoms in total. The number of phenols is 1. The molecular formula is C10H9NaO4S. The summed E-state index contributed by atoms with van der Waals surface area (Å²) in [6, 6.07) is 8.80. The molecule has 2 aromatic carbocycles. The number of benzene rings is 2. The Morgan fingerprint density at radius 3 is 2.19 bits per heavy atom. The van der Waals surface area contributed by atoms with Crippen LogP contribution >= 0.6 is 0 Å². The minimum atomic E-state index is -4.19. The molecule has 0 aliphatic rings. The average molecular weight is 248 g/mol. The van der Waals surface area contributed by atoms with E-state index in [9.17, 15) is 13.5 Å². The maximum atomic E-state index is 10.9. The van der Waals surface area contributed by atoms with Crippen LogP contribution in [-0.4, -0.2) is 47.6 Å². The first-order valence-corrected chi connectivity index (χ1v) is 5.61. The van der Waals surface area contributed by atoms with Crippen molar-refractivity contribution in [3.05, 3.63) is 36.4 Å². The summed E-state index contributed by atoms with van der Waals surface area (Å²) in [6.45, 7) is 0. The molecule has 0 radical (unpaired) electrons. The van der Waals surface area contributed by atoms with Crippen LogP contribution in [0, 0.1) is 0 Å². The van der Waals surface area contributed by atoms with Gasteiger partial charge in [0.25, 0.3) is 10.1 Å². The molecule has 0 aromatic heterocycles. The molecule has 80 valence electrons. The van der Waals surface area contributed by atoms with Gasteiger partial charge in [0.05, 0.1) is 4.90 Å². The third-order valence-electron chi connectivity index (χ3n) is 2.09. The van der Waals surface area contributed by atoms with E-state index in [4.69, 9.17) is 4.55 Å². The zero-order valence-electron chi connectivity index (χ0n) is 7.58. The summed E-state index contributed by atoms with van der Waals surface area (Å²) in [5.41, 5.74) is 0. The fourth-order valence-corrected chi connectivity index (χ4v) is 1.89. The predicted molar refractivity (Wildman–Crippen MR) is 62.6 cm³/mol. The first-order chi connectivity index (χ1) is 6.97. The van der Waals surface area contributed by atoms with Crippen molar-refractivity contribution in [2.75, 3.05) is 0 Å². The van der Waals surface area contributed by atoms with E-state index in [0.29, 0.717) is 5.39 Å². The van der Waals surface area contributed by atoms with Crippen molar-refractivity contribution < 1.29 is 18.1 Å². The van der Waals surface area contributed by atoms with Gasteiger partial charge < -0.3 is 5.11 Å². The van der Waals surface area contributed by atoms with Crippen LogP contribution in [0.1, 0.15) is 0 Å². The zero-order chi connectivity index (χ0) is 11.1. The summed E-state index contributed by atoms with van der Waals surface area (Å²) >= 11 is 0. The fourth-order valence-electron chi connectivity index (χ4n) is 1.37. The summed E-state index contributed by atoms with van der Waals surface area (Å²) < 4.78 is 30.5. The van der Waals surface area contributed by atoms with Crippen molar-refractivity contribution in [2.45, 2.75) is 4.90 Å². The van der Waals surface area contributed by atoms with Gasteiger partial charge in [0.1, 0.15) is 5.75 Å². The monoisotopic (exact) mass is 248 g/mol. The molecule has 0 heterocycles. The van der Waals surface area contributed by atoms with Gasteiger partial charge in [0.2, 0.25) is 0 Å². The Balaban J connectivity index is 0.00000128. The van der Waals surface area contributed by atoms with E-state index < -0.39 is 10.1 Å². The molecule has 0 saturated heterocycles. The van der Waals surface area contributed by atoms with Gasteiger partial charge in [-0.2, -0.15) is 8.42 Å². The van der Waals surface area contributed by atoms with Gasteiger partial charge in [0.15, 0.2) is 0 Å². The SMILES string of the molecule is O=S(=O)(O)c1ccc2ccc(O)cc2c1.[NaH]. The number of hydrogen-bond acceptors (Lipinski definition) is 3. The Morgan fingerprint density at radius 1 is 0.938 bits per heavy atom. The molecule has 6 heteroatoms. The van der Waals surface area contributed by atoms with Crippen molar-refractivity contribution in [3.8, 4) is 5.75 Å². The second-order valence-electron chi connectivity index (χ2n) is 3.17. The van der Waals surface area contributed by atoms with Gasteiger partial charge in [-0.05, 0) is 35.0 Å². The van der Waals surface area contributed by atoms with Crippen LogP contribution < -0.4 is 0 Å². The van der Waals surface area contributed by atoms with E-state index >= 15 is 0 Å². The van der Waals surface area contributed by atoms with Gasteiger partial charge in [-0.25, -0.2) is 0 Å². The molecule has 2 aromatic rings. The minimum absolute atomic E-state index is 0. The van der Waals surface area contributed by atoms with Gasteiger partial charge in [0, 0.05) is 0 Å². The van der Waals surface area contributed by atoms with Gasteiger partial charge in [-0.3, -0.25) is 4.55 Å². The Bertz CT molecular complexity index is 622. The number of rotatable bonds is 1. The predicted octanol–water partition coefficient (Wildman–Crippen LogP) is 1.14. The van der Waals surface area contributed by atoms with Gasteiger partial charge in [-0.15, -0.1) is 0 Å². The fraction of sp³-hybridized carbons (Fsp3) is 0. The normalized spacial score (nSPS) is 11.1. The van der Waals surface area contributed by atoms with E-state index in [0.717, 1.165) is 5.39 Å². The van der Waals surface area contributed by atoms with Crippen LogP contribution in [0.15, 0.2) is 41.3 Å². The molecule has 2 rings (SSSR count). The van der Waals surface area contributed by atoms with Crippen LogP contribution in [0.5, 0.6) is 5.75 Å². The Hall–Kier alpha value is -0.590. The number of aromatic hydroxyl groups is 1. The number of phenolic OH excluding ortho intramolecular Hbond substituents is 1.